The van der Waals surface area contributed by atoms with E-state index in [4.69, 9.17) is 4.74 Å². The number of ether oxygens (including phenoxy) is 1. The monoisotopic (exact) mass is 264 g/mol. The lowest BCUT2D eigenvalue weighted by atomic mass is 10.2. The van der Waals surface area contributed by atoms with E-state index in [0.717, 1.165) is 19.4 Å². The molecule has 0 bridgehead atoms. The molecule has 1 rings (SSSR count). The van der Waals surface area contributed by atoms with Crippen molar-refractivity contribution in [2.45, 2.75) is 38.0 Å². The molecule has 0 saturated carbocycles. The van der Waals surface area contributed by atoms with Crippen LogP contribution in [-0.4, -0.2) is 57.4 Å². The molecule has 2 unspecified atom stereocenters. The number of sulfonamides is 1. The van der Waals surface area contributed by atoms with Crippen LogP contribution >= 0.6 is 0 Å². The van der Waals surface area contributed by atoms with Crippen LogP contribution in [0.25, 0.3) is 0 Å². The maximum atomic E-state index is 12.3. The maximum absolute atomic E-state index is 12.3. The van der Waals surface area contributed by atoms with Crippen LogP contribution in [0.1, 0.15) is 26.7 Å². The Labute approximate surface area is 105 Å². The first kappa shape index (κ1) is 14.9. The average Bonchev–Trinajstić information content (AvgIpc) is 2.78. The largest absolute Gasteiger partial charge is 0.377 e. The van der Waals surface area contributed by atoms with Crippen LogP contribution in [0.5, 0.6) is 0 Å². The molecule has 2 atom stereocenters. The van der Waals surface area contributed by atoms with Crippen LogP contribution < -0.4 is 5.32 Å². The minimum atomic E-state index is -3.21. The van der Waals surface area contributed by atoms with E-state index >= 15 is 0 Å². The summed E-state index contributed by atoms with van der Waals surface area (Å²) in [6.07, 6.45) is 2.08. The van der Waals surface area contributed by atoms with E-state index in [1.165, 1.54) is 0 Å². The number of likely N-dealkylation sites (N-methyl/N-ethyl adjacent to an activating group) is 1. The number of hydrogen-bond donors (Lipinski definition) is 1. The Morgan fingerprint density at radius 1 is 1.53 bits per heavy atom. The molecule has 0 aromatic carbocycles. The normalized spacial score (nSPS) is 23.2. The van der Waals surface area contributed by atoms with Gasteiger partial charge in [0.05, 0.1) is 11.4 Å². The van der Waals surface area contributed by atoms with Crippen LogP contribution in [0.3, 0.4) is 0 Å². The summed E-state index contributed by atoms with van der Waals surface area (Å²) in [4.78, 5) is 0. The average molecular weight is 264 g/mol. The highest BCUT2D eigenvalue weighted by molar-refractivity contribution is 7.89. The quantitative estimate of drug-likeness (QED) is 0.724. The van der Waals surface area contributed by atoms with E-state index in [0.29, 0.717) is 19.6 Å². The van der Waals surface area contributed by atoms with Crippen molar-refractivity contribution >= 4 is 10.0 Å². The fourth-order valence-corrected chi connectivity index (χ4v) is 3.70. The van der Waals surface area contributed by atoms with Gasteiger partial charge in [-0.2, -0.15) is 4.31 Å². The van der Waals surface area contributed by atoms with Crippen LogP contribution in [0.2, 0.25) is 0 Å². The zero-order chi connectivity index (χ0) is 12.9. The molecule has 17 heavy (non-hydrogen) atoms. The Balaban J connectivity index is 2.64. The summed E-state index contributed by atoms with van der Waals surface area (Å²) in [6, 6.07) is 0. The Morgan fingerprint density at radius 2 is 2.24 bits per heavy atom. The van der Waals surface area contributed by atoms with Gasteiger partial charge in [-0.1, -0.05) is 6.92 Å². The molecule has 0 aliphatic carbocycles. The highest BCUT2D eigenvalue weighted by Crippen LogP contribution is 2.16. The first-order valence-electron chi connectivity index (χ1n) is 6.27. The molecule has 1 N–H and O–H groups in total. The SMILES string of the molecule is CCN(CC1CCCO1)S(=O)(=O)C(C)CNC. The van der Waals surface area contributed by atoms with Crippen molar-refractivity contribution in [3.05, 3.63) is 0 Å². The first-order valence-corrected chi connectivity index (χ1v) is 7.77. The maximum Gasteiger partial charge on any atom is 0.218 e. The van der Waals surface area contributed by atoms with Crippen LogP contribution in [0.4, 0.5) is 0 Å². The van der Waals surface area contributed by atoms with Gasteiger partial charge in [0.1, 0.15) is 0 Å². The number of nitrogens with one attached hydrogen (secondary N) is 1. The fraction of sp³-hybridized carbons (Fsp3) is 1.00. The van der Waals surface area contributed by atoms with Crippen molar-refractivity contribution in [1.82, 2.24) is 9.62 Å². The fourth-order valence-electron chi connectivity index (χ4n) is 2.08. The summed E-state index contributed by atoms with van der Waals surface area (Å²) in [5.74, 6) is 0. The molecule has 0 amide bonds. The summed E-state index contributed by atoms with van der Waals surface area (Å²) < 4.78 is 31.6. The van der Waals surface area contributed by atoms with E-state index < -0.39 is 15.3 Å². The predicted octanol–water partition coefficient (Wildman–Crippen LogP) is 0.425. The Hall–Kier alpha value is -0.170. The van der Waals surface area contributed by atoms with Crippen LogP contribution in [-0.2, 0) is 14.8 Å². The van der Waals surface area contributed by atoms with E-state index in [-0.39, 0.29) is 6.10 Å². The van der Waals surface area contributed by atoms with Gasteiger partial charge in [0.15, 0.2) is 0 Å². The van der Waals surface area contributed by atoms with Crippen LogP contribution in [0, 0.1) is 0 Å². The highest BCUT2D eigenvalue weighted by atomic mass is 32.2. The lowest BCUT2D eigenvalue weighted by Crippen LogP contribution is -2.44. The third-order valence-corrected chi connectivity index (χ3v) is 5.45. The van der Waals surface area contributed by atoms with Crippen molar-refractivity contribution in [2.24, 2.45) is 0 Å². The molecular weight excluding hydrogens is 240 g/mol. The van der Waals surface area contributed by atoms with Gasteiger partial charge in [0.25, 0.3) is 0 Å². The molecule has 1 aliphatic heterocycles. The summed E-state index contributed by atoms with van der Waals surface area (Å²) in [5, 5.41) is 2.51. The van der Waals surface area contributed by atoms with Gasteiger partial charge in [-0.25, -0.2) is 8.42 Å². The zero-order valence-electron chi connectivity index (χ0n) is 11.0. The van der Waals surface area contributed by atoms with Gasteiger partial charge < -0.3 is 10.1 Å². The lowest BCUT2D eigenvalue weighted by molar-refractivity contribution is 0.0945. The standard InChI is InChI=1S/C11H24N2O3S/c1-4-13(9-11-6-5-7-16-11)17(14,15)10(2)8-12-3/h10-12H,4-9H2,1-3H3. The molecule has 0 radical (unpaired) electrons. The minimum absolute atomic E-state index is 0.0755. The zero-order valence-corrected chi connectivity index (χ0v) is 11.8. The van der Waals surface area contributed by atoms with Crippen molar-refractivity contribution in [3.8, 4) is 0 Å². The van der Waals surface area contributed by atoms with Crippen molar-refractivity contribution < 1.29 is 13.2 Å². The Kier molecular flexibility index (Phi) is 5.85. The number of hydrogen-bond acceptors (Lipinski definition) is 4. The van der Waals surface area contributed by atoms with Gasteiger partial charge in [-0.05, 0) is 26.8 Å². The summed E-state index contributed by atoms with van der Waals surface area (Å²) in [7, 11) is -1.44. The summed E-state index contributed by atoms with van der Waals surface area (Å²) in [5.41, 5.74) is 0. The second kappa shape index (κ2) is 6.68. The van der Waals surface area contributed by atoms with Gasteiger partial charge >= 0.3 is 0 Å². The van der Waals surface area contributed by atoms with E-state index in [1.807, 2.05) is 6.92 Å². The predicted molar refractivity (Wildman–Crippen MR) is 68.5 cm³/mol. The van der Waals surface area contributed by atoms with Crippen molar-refractivity contribution in [3.63, 3.8) is 0 Å². The number of rotatable bonds is 7. The summed E-state index contributed by atoms with van der Waals surface area (Å²) in [6.45, 7) is 5.85. The Bertz CT molecular complexity index is 313. The van der Waals surface area contributed by atoms with Gasteiger partial charge in [-0.3, -0.25) is 0 Å². The second-order valence-corrected chi connectivity index (χ2v) is 6.85. The lowest BCUT2D eigenvalue weighted by Gasteiger charge is -2.26. The molecular formula is C11H24N2O3S. The number of nitrogens with zero attached hydrogens (tertiary/aromatic N) is 1. The molecule has 0 aromatic rings. The van der Waals surface area contributed by atoms with Gasteiger partial charge in [0.2, 0.25) is 10.0 Å². The molecule has 1 saturated heterocycles. The molecule has 1 fully saturated rings. The highest BCUT2D eigenvalue weighted by Gasteiger charge is 2.30. The Morgan fingerprint density at radius 3 is 2.71 bits per heavy atom. The molecule has 5 nitrogen and oxygen atoms in total. The molecule has 102 valence electrons. The van der Waals surface area contributed by atoms with Gasteiger partial charge in [-0.15, -0.1) is 0 Å². The third-order valence-electron chi connectivity index (χ3n) is 3.14. The molecule has 0 spiro atoms. The third kappa shape index (κ3) is 3.91. The van der Waals surface area contributed by atoms with Gasteiger partial charge in [0, 0.05) is 26.2 Å². The molecule has 1 heterocycles. The molecule has 1 aliphatic rings. The minimum Gasteiger partial charge on any atom is -0.377 e. The smallest absolute Gasteiger partial charge is 0.218 e. The van der Waals surface area contributed by atoms with Crippen molar-refractivity contribution in [1.29, 1.82) is 0 Å². The van der Waals surface area contributed by atoms with E-state index in [9.17, 15) is 8.42 Å². The summed E-state index contributed by atoms with van der Waals surface area (Å²) >= 11 is 0. The van der Waals surface area contributed by atoms with E-state index in [2.05, 4.69) is 5.32 Å². The molecule has 0 aromatic heterocycles. The molecule has 6 heteroatoms. The topological polar surface area (TPSA) is 58.6 Å². The van der Waals surface area contributed by atoms with Crippen molar-refractivity contribution in [2.75, 3.05) is 33.3 Å². The second-order valence-electron chi connectivity index (χ2n) is 4.50. The van der Waals surface area contributed by atoms with E-state index in [1.54, 1.807) is 18.3 Å². The van der Waals surface area contributed by atoms with Crippen LogP contribution in [0.15, 0.2) is 0 Å². The first-order chi connectivity index (χ1) is 8.02.